The summed E-state index contributed by atoms with van der Waals surface area (Å²) in [7, 11) is 0. The minimum Gasteiger partial charge on any atom is -0.481 e. The molecule has 0 aromatic rings. The molecular formula is C6H9NO4S. The molecule has 0 aliphatic rings. The topological polar surface area (TPSA) is 83.5 Å². The first kappa shape index (κ1) is 11.0. The molecule has 0 unspecified atom stereocenters. The first-order valence-electron chi connectivity index (χ1n) is 3.22. The SMILES string of the molecule is O=CN[C@@H](CCC(=O)O)C(=O)S. The first-order valence-corrected chi connectivity index (χ1v) is 3.67. The van der Waals surface area contributed by atoms with Crippen LogP contribution in [0.2, 0.25) is 0 Å². The number of amides is 1. The zero-order valence-corrected chi connectivity index (χ0v) is 7.08. The number of hydrogen-bond acceptors (Lipinski definition) is 3. The monoisotopic (exact) mass is 191 g/mol. The molecule has 0 radical (unpaired) electrons. The Morgan fingerprint density at radius 1 is 1.58 bits per heavy atom. The van der Waals surface area contributed by atoms with Crippen molar-refractivity contribution in [2.45, 2.75) is 18.9 Å². The second-order valence-corrected chi connectivity index (χ2v) is 2.55. The fraction of sp³-hybridized carbons (Fsp3) is 0.500. The zero-order valence-electron chi connectivity index (χ0n) is 6.19. The number of carboxylic acids is 1. The van der Waals surface area contributed by atoms with Gasteiger partial charge >= 0.3 is 5.97 Å². The predicted octanol–water partition coefficient (Wildman–Crippen LogP) is -0.578. The lowest BCUT2D eigenvalue weighted by Crippen LogP contribution is -2.33. The van der Waals surface area contributed by atoms with Crippen LogP contribution in [-0.2, 0) is 14.4 Å². The van der Waals surface area contributed by atoms with Gasteiger partial charge in [0.15, 0.2) is 0 Å². The van der Waals surface area contributed by atoms with Crippen LogP contribution in [0.3, 0.4) is 0 Å². The predicted molar refractivity (Wildman–Crippen MR) is 43.9 cm³/mol. The zero-order chi connectivity index (χ0) is 9.56. The van der Waals surface area contributed by atoms with Gasteiger partial charge in [0.05, 0.1) is 6.04 Å². The summed E-state index contributed by atoms with van der Waals surface area (Å²) in [6.45, 7) is 0. The van der Waals surface area contributed by atoms with Gasteiger partial charge in [0.1, 0.15) is 0 Å². The molecule has 0 saturated carbocycles. The minimum atomic E-state index is -1.01. The van der Waals surface area contributed by atoms with Gasteiger partial charge in [-0.2, -0.15) is 0 Å². The van der Waals surface area contributed by atoms with Crippen LogP contribution in [0.15, 0.2) is 0 Å². The Balaban J connectivity index is 3.86. The summed E-state index contributed by atoms with van der Waals surface area (Å²) in [5.41, 5.74) is 0. The number of carbonyl (C=O) groups is 3. The second kappa shape index (κ2) is 5.59. The van der Waals surface area contributed by atoms with Crippen LogP contribution in [0.5, 0.6) is 0 Å². The van der Waals surface area contributed by atoms with Gasteiger partial charge in [0.2, 0.25) is 11.5 Å². The van der Waals surface area contributed by atoms with Gasteiger partial charge < -0.3 is 10.4 Å². The Morgan fingerprint density at radius 2 is 2.17 bits per heavy atom. The lowest BCUT2D eigenvalue weighted by atomic mass is 10.2. The Kier molecular flexibility index (Phi) is 5.11. The molecule has 0 aliphatic heterocycles. The van der Waals surface area contributed by atoms with E-state index in [9.17, 15) is 14.4 Å². The Bertz CT molecular complexity index is 194. The first-order chi connectivity index (χ1) is 5.57. The van der Waals surface area contributed by atoms with Crippen LogP contribution in [0.4, 0.5) is 0 Å². The minimum absolute atomic E-state index is 0.0659. The van der Waals surface area contributed by atoms with E-state index in [1.807, 2.05) is 0 Å². The molecule has 0 aromatic carbocycles. The molecule has 0 rings (SSSR count). The van der Waals surface area contributed by atoms with Crippen LogP contribution >= 0.6 is 12.6 Å². The van der Waals surface area contributed by atoms with Gasteiger partial charge in [0, 0.05) is 6.42 Å². The molecule has 0 saturated heterocycles. The fourth-order valence-corrected chi connectivity index (χ4v) is 0.832. The van der Waals surface area contributed by atoms with Crippen molar-refractivity contribution < 1.29 is 19.5 Å². The molecule has 68 valence electrons. The molecule has 1 atom stereocenters. The fourth-order valence-electron chi connectivity index (χ4n) is 0.628. The van der Waals surface area contributed by atoms with Gasteiger partial charge in [-0.3, -0.25) is 14.4 Å². The maximum atomic E-state index is 10.6. The maximum Gasteiger partial charge on any atom is 0.303 e. The van der Waals surface area contributed by atoms with E-state index < -0.39 is 17.1 Å². The summed E-state index contributed by atoms with van der Waals surface area (Å²) in [6, 6.07) is -0.804. The summed E-state index contributed by atoms with van der Waals surface area (Å²) < 4.78 is 0. The molecule has 1 amide bonds. The Hall–Kier alpha value is -1.04. The van der Waals surface area contributed by atoms with Crippen molar-refractivity contribution in [3.63, 3.8) is 0 Å². The molecule has 0 bridgehead atoms. The highest BCUT2D eigenvalue weighted by Gasteiger charge is 2.14. The van der Waals surface area contributed by atoms with Crippen LogP contribution in [-0.4, -0.2) is 28.6 Å². The van der Waals surface area contributed by atoms with Crippen LogP contribution < -0.4 is 5.32 Å². The van der Waals surface area contributed by atoms with E-state index >= 15 is 0 Å². The van der Waals surface area contributed by atoms with E-state index in [1.165, 1.54) is 0 Å². The molecule has 5 nitrogen and oxygen atoms in total. The van der Waals surface area contributed by atoms with Gasteiger partial charge in [-0.05, 0) is 6.42 Å². The molecule has 0 spiro atoms. The maximum absolute atomic E-state index is 10.6. The van der Waals surface area contributed by atoms with E-state index in [-0.39, 0.29) is 12.8 Å². The molecule has 0 fully saturated rings. The summed E-state index contributed by atoms with van der Waals surface area (Å²) >= 11 is 3.48. The highest BCUT2D eigenvalue weighted by atomic mass is 32.1. The van der Waals surface area contributed by atoms with Crippen molar-refractivity contribution >= 4 is 30.1 Å². The van der Waals surface area contributed by atoms with Crippen molar-refractivity contribution in [2.75, 3.05) is 0 Å². The summed E-state index contributed by atoms with van der Waals surface area (Å²) in [6.07, 6.45) is 0.245. The average Bonchev–Trinajstić information content (AvgIpc) is 1.96. The Labute approximate surface area is 74.5 Å². The molecule has 0 aromatic heterocycles. The highest BCUT2D eigenvalue weighted by molar-refractivity contribution is 7.96. The number of thiol groups is 1. The molecule has 0 aliphatic carbocycles. The summed E-state index contributed by atoms with van der Waals surface area (Å²) in [4.78, 5) is 30.6. The third kappa shape index (κ3) is 4.73. The molecule has 2 N–H and O–H groups in total. The van der Waals surface area contributed by atoms with Crippen molar-refractivity contribution in [3.05, 3.63) is 0 Å². The van der Waals surface area contributed by atoms with Crippen LogP contribution in [0.1, 0.15) is 12.8 Å². The largest absolute Gasteiger partial charge is 0.481 e. The average molecular weight is 191 g/mol. The summed E-state index contributed by atoms with van der Waals surface area (Å²) in [5, 5.41) is 9.89. The van der Waals surface area contributed by atoms with E-state index in [1.54, 1.807) is 0 Å². The van der Waals surface area contributed by atoms with Gasteiger partial charge in [-0.25, -0.2) is 0 Å². The molecule has 6 heteroatoms. The lowest BCUT2D eigenvalue weighted by Gasteiger charge is -2.09. The van der Waals surface area contributed by atoms with Gasteiger partial charge in [-0.15, -0.1) is 12.6 Å². The van der Waals surface area contributed by atoms with Crippen molar-refractivity contribution in [1.82, 2.24) is 5.32 Å². The molecule has 0 heterocycles. The number of rotatable bonds is 6. The summed E-state index contributed by atoms with van der Waals surface area (Å²) in [5.74, 6) is -1.01. The quantitative estimate of drug-likeness (QED) is 0.387. The van der Waals surface area contributed by atoms with E-state index in [0.29, 0.717) is 6.41 Å². The smallest absolute Gasteiger partial charge is 0.303 e. The second-order valence-electron chi connectivity index (χ2n) is 2.11. The lowest BCUT2D eigenvalue weighted by molar-refractivity contribution is -0.137. The van der Waals surface area contributed by atoms with Crippen molar-refractivity contribution in [1.29, 1.82) is 0 Å². The number of carbonyl (C=O) groups excluding carboxylic acids is 2. The third-order valence-corrected chi connectivity index (χ3v) is 1.53. The number of aliphatic carboxylic acids is 1. The van der Waals surface area contributed by atoms with Gasteiger partial charge in [0.25, 0.3) is 0 Å². The molecule has 12 heavy (non-hydrogen) atoms. The van der Waals surface area contributed by atoms with E-state index in [0.717, 1.165) is 0 Å². The van der Waals surface area contributed by atoms with E-state index in [4.69, 9.17) is 5.11 Å². The third-order valence-electron chi connectivity index (χ3n) is 1.21. The number of hydrogen-bond donors (Lipinski definition) is 3. The normalized spacial score (nSPS) is 11.8. The van der Waals surface area contributed by atoms with Crippen LogP contribution in [0, 0.1) is 0 Å². The molecular weight excluding hydrogens is 182 g/mol. The standard InChI is InChI=1S/C6H9NO4S/c8-3-7-4(6(11)12)1-2-5(9)10/h3-4H,1-2H2,(H,7,8)(H,9,10)(H,11,12)/t4-/m0/s1. The van der Waals surface area contributed by atoms with E-state index in [2.05, 4.69) is 17.9 Å². The highest BCUT2D eigenvalue weighted by Crippen LogP contribution is 2.00. The van der Waals surface area contributed by atoms with Crippen LogP contribution in [0.25, 0.3) is 0 Å². The van der Waals surface area contributed by atoms with Crippen molar-refractivity contribution in [2.24, 2.45) is 0 Å². The van der Waals surface area contributed by atoms with Gasteiger partial charge in [-0.1, -0.05) is 0 Å². The Morgan fingerprint density at radius 3 is 2.50 bits per heavy atom. The number of carboxylic acid groups (broad SMARTS) is 1. The van der Waals surface area contributed by atoms with Crippen molar-refractivity contribution in [3.8, 4) is 0 Å². The number of nitrogens with one attached hydrogen (secondary N) is 1.